The van der Waals surface area contributed by atoms with Gasteiger partial charge in [-0.05, 0) is 17.6 Å². The third kappa shape index (κ3) is 3.29. The second kappa shape index (κ2) is 5.53. The number of carbonyl (C=O) groups is 1. The summed E-state index contributed by atoms with van der Waals surface area (Å²) < 4.78 is 0. The standard InChI is InChI=1S/C6H11N3O5/c1-2(10)3(11)4(12)5(13)6(14)8-9-7/h2-5,10-13H,1H3. The maximum absolute atomic E-state index is 10.7. The van der Waals surface area contributed by atoms with Crippen LogP contribution in [-0.4, -0.2) is 50.7 Å². The van der Waals surface area contributed by atoms with Gasteiger partial charge in [0.2, 0.25) is 5.91 Å². The van der Waals surface area contributed by atoms with E-state index in [4.69, 9.17) is 26.0 Å². The number of carbonyl (C=O) groups excluding carboxylic acids is 1. The second-order valence-corrected chi connectivity index (χ2v) is 2.69. The quantitative estimate of drug-likeness (QED) is 0.245. The largest absolute Gasteiger partial charge is 0.391 e. The molecule has 14 heavy (non-hydrogen) atoms. The normalized spacial score (nSPS) is 18.9. The Balaban J connectivity index is 4.45. The van der Waals surface area contributed by atoms with E-state index in [-0.39, 0.29) is 0 Å². The maximum Gasteiger partial charge on any atom is 0.250 e. The van der Waals surface area contributed by atoms with E-state index in [1.807, 2.05) is 0 Å². The zero-order chi connectivity index (χ0) is 11.3. The lowest BCUT2D eigenvalue weighted by atomic mass is 10.0. The lowest BCUT2D eigenvalue weighted by Crippen LogP contribution is -2.46. The van der Waals surface area contributed by atoms with Gasteiger partial charge in [-0.25, -0.2) is 0 Å². The molecule has 80 valence electrons. The molecule has 4 N–H and O–H groups in total. The molecule has 0 bridgehead atoms. The maximum atomic E-state index is 10.7. The number of nitrogens with zero attached hydrogens (tertiary/aromatic N) is 3. The average molecular weight is 205 g/mol. The minimum absolute atomic E-state index is 1.17. The van der Waals surface area contributed by atoms with Crippen LogP contribution in [0, 0.1) is 0 Å². The number of azide groups is 1. The number of rotatable bonds is 4. The SMILES string of the molecule is CC(O)C(O)C(O)C(O)C(=O)N=[N+]=[N-]. The molecular weight excluding hydrogens is 194 g/mol. The molecule has 8 heteroatoms. The molecule has 0 fully saturated rings. The van der Waals surface area contributed by atoms with Crippen molar-refractivity contribution in [2.24, 2.45) is 5.11 Å². The van der Waals surface area contributed by atoms with Crippen LogP contribution in [0.4, 0.5) is 0 Å². The predicted molar refractivity (Wildman–Crippen MR) is 43.9 cm³/mol. The molecule has 1 amide bonds. The van der Waals surface area contributed by atoms with Crippen LogP contribution in [0.5, 0.6) is 0 Å². The molecule has 0 aromatic carbocycles. The fraction of sp³-hybridized carbons (Fsp3) is 0.833. The second-order valence-electron chi connectivity index (χ2n) is 2.69. The van der Waals surface area contributed by atoms with Crippen LogP contribution >= 0.6 is 0 Å². The zero-order valence-corrected chi connectivity index (χ0v) is 7.35. The molecule has 0 radical (unpaired) electrons. The molecule has 0 aromatic heterocycles. The molecule has 0 aliphatic heterocycles. The molecule has 0 aliphatic carbocycles. The van der Waals surface area contributed by atoms with Crippen molar-refractivity contribution < 1.29 is 25.2 Å². The number of hydrogen-bond donors (Lipinski definition) is 4. The molecule has 4 atom stereocenters. The van der Waals surface area contributed by atoms with Gasteiger partial charge in [-0.2, -0.15) is 0 Å². The molecule has 0 rings (SSSR count). The summed E-state index contributed by atoms with van der Waals surface area (Å²) in [6.45, 7) is 1.17. The number of aliphatic hydroxyl groups excluding tert-OH is 4. The van der Waals surface area contributed by atoms with E-state index in [0.717, 1.165) is 0 Å². The van der Waals surface area contributed by atoms with Crippen LogP contribution < -0.4 is 0 Å². The first-order valence-corrected chi connectivity index (χ1v) is 3.73. The Morgan fingerprint density at radius 2 is 1.79 bits per heavy atom. The van der Waals surface area contributed by atoms with Gasteiger partial charge >= 0.3 is 0 Å². The van der Waals surface area contributed by atoms with Crippen LogP contribution in [0.1, 0.15) is 6.92 Å². The van der Waals surface area contributed by atoms with E-state index in [1.54, 1.807) is 0 Å². The topological polar surface area (TPSA) is 147 Å². The van der Waals surface area contributed by atoms with E-state index in [1.165, 1.54) is 6.92 Å². The summed E-state index contributed by atoms with van der Waals surface area (Å²) in [4.78, 5) is 12.8. The molecule has 0 saturated carbocycles. The highest BCUT2D eigenvalue weighted by Gasteiger charge is 2.31. The fourth-order valence-corrected chi connectivity index (χ4v) is 0.721. The highest BCUT2D eigenvalue weighted by Crippen LogP contribution is 2.06. The van der Waals surface area contributed by atoms with Crippen molar-refractivity contribution in [1.82, 2.24) is 0 Å². The lowest BCUT2D eigenvalue weighted by Gasteiger charge is -2.22. The highest BCUT2D eigenvalue weighted by molar-refractivity contribution is 5.81. The van der Waals surface area contributed by atoms with Gasteiger partial charge in [0.15, 0.2) is 0 Å². The molecule has 0 saturated heterocycles. The van der Waals surface area contributed by atoms with Crippen molar-refractivity contribution in [3.63, 3.8) is 0 Å². The average Bonchev–Trinajstić information content (AvgIpc) is 2.14. The van der Waals surface area contributed by atoms with E-state index in [9.17, 15) is 4.79 Å². The van der Waals surface area contributed by atoms with E-state index in [2.05, 4.69) is 10.0 Å². The number of aliphatic hydroxyl groups is 4. The minimum atomic E-state index is -2.05. The first kappa shape index (κ1) is 12.8. The van der Waals surface area contributed by atoms with Gasteiger partial charge in [-0.3, -0.25) is 4.79 Å². The monoisotopic (exact) mass is 205 g/mol. The van der Waals surface area contributed by atoms with Gasteiger partial charge in [-0.15, -0.1) is 0 Å². The van der Waals surface area contributed by atoms with Gasteiger partial charge in [0.25, 0.3) is 0 Å². The van der Waals surface area contributed by atoms with Gasteiger partial charge in [-0.1, -0.05) is 0 Å². The molecule has 0 aromatic rings. The molecule has 8 nitrogen and oxygen atoms in total. The van der Waals surface area contributed by atoms with E-state index in [0.29, 0.717) is 0 Å². The molecule has 0 heterocycles. The Bertz CT molecular complexity index is 250. The first-order valence-electron chi connectivity index (χ1n) is 3.73. The van der Waals surface area contributed by atoms with Crippen LogP contribution in [0.25, 0.3) is 10.4 Å². The van der Waals surface area contributed by atoms with Crippen molar-refractivity contribution in [2.75, 3.05) is 0 Å². The van der Waals surface area contributed by atoms with Gasteiger partial charge < -0.3 is 20.4 Å². The van der Waals surface area contributed by atoms with Gasteiger partial charge in [0, 0.05) is 4.91 Å². The zero-order valence-electron chi connectivity index (χ0n) is 7.35. The predicted octanol–water partition coefficient (Wildman–Crippen LogP) is -1.71. The van der Waals surface area contributed by atoms with Crippen molar-refractivity contribution in [2.45, 2.75) is 31.3 Å². The van der Waals surface area contributed by atoms with Crippen molar-refractivity contribution in [3.05, 3.63) is 10.4 Å². The Morgan fingerprint density at radius 1 is 1.29 bits per heavy atom. The molecule has 0 aliphatic rings. The molecule has 4 unspecified atom stereocenters. The summed E-state index contributed by atoms with van der Waals surface area (Å²) in [6.07, 6.45) is -6.95. The molecule has 0 spiro atoms. The summed E-state index contributed by atoms with van der Waals surface area (Å²) in [6, 6.07) is 0. The van der Waals surface area contributed by atoms with E-state index < -0.39 is 30.3 Å². The van der Waals surface area contributed by atoms with Crippen molar-refractivity contribution in [3.8, 4) is 0 Å². The van der Waals surface area contributed by atoms with Crippen molar-refractivity contribution >= 4 is 5.91 Å². The van der Waals surface area contributed by atoms with Gasteiger partial charge in [0.05, 0.1) is 6.10 Å². The summed E-state index contributed by atoms with van der Waals surface area (Å²) >= 11 is 0. The summed E-state index contributed by atoms with van der Waals surface area (Å²) in [5, 5.41) is 38.5. The van der Waals surface area contributed by atoms with Crippen LogP contribution in [0.2, 0.25) is 0 Å². The van der Waals surface area contributed by atoms with Crippen LogP contribution in [-0.2, 0) is 4.79 Å². The smallest absolute Gasteiger partial charge is 0.250 e. The van der Waals surface area contributed by atoms with Crippen LogP contribution in [0.15, 0.2) is 5.11 Å². The Labute approximate surface area is 79.0 Å². The fourth-order valence-electron chi connectivity index (χ4n) is 0.721. The Hall–Kier alpha value is -1.18. The third-order valence-electron chi connectivity index (χ3n) is 1.56. The highest BCUT2D eigenvalue weighted by atomic mass is 16.4. The third-order valence-corrected chi connectivity index (χ3v) is 1.56. The minimum Gasteiger partial charge on any atom is -0.391 e. The van der Waals surface area contributed by atoms with Gasteiger partial charge in [0.1, 0.15) is 18.3 Å². The summed E-state index contributed by atoms with van der Waals surface area (Å²) in [5.41, 5.74) is 7.85. The Morgan fingerprint density at radius 3 is 2.14 bits per heavy atom. The lowest BCUT2D eigenvalue weighted by molar-refractivity contribution is -0.142. The Kier molecular flexibility index (Phi) is 5.06. The summed E-state index contributed by atoms with van der Waals surface area (Å²) in [5.74, 6) is -1.32. The first-order chi connectivity index (χ1) is 6.41. The number of hydrogen-bond acceptors (Lipinski definition) is 5. The van der Waals surface area contributed by atoms with E-state index >= 15 is 0 Å². The van der Waals surface area contributed by atoms with Crippen molar-refractivity contribution in [1.29, 1.82) is 0 Å². The van der Waals surface area contributed by atoms with Crippen LogP contribution in [0.3, 0.4) is 0 Å². The number of amides is 1. The summed E-state index contributed by atoms with van der Waals surface area (Å²) in [7, 11) is 0. The molecular formula is C6H11N3O5.